The van der Waals surface area contributed by atoms with Gasteiger partial charge in [0.2, 0.25) is 5.91 Å². The maximum atomic E-state index is 12.5. The predicted molar refractivity (Wildman–Crippen MR) is 273 cm³/mol. The third kappa shape index (κ3) is 49.6. The molecule has 0 aromatic carbocycles. The molecular weight excluding hydrogens is 779 g/mol. The number of ether oxygens (including phenoxy) is 1. The first-order valence-electron chi connectivity index (χ1n) is 28.1. The van der Waals surface area contributed by atoms with Gasteiger partial charge in [0.05, 0.1) is 25.4 Å². The molecule has 0 rings (SSSR count). The summed E-state index contributed by atoms with van der Waals surface area (Å²) in [4.78, 5) is 24.4. The van der Waals surface area contributed by atoms with Gasteiger partial charge in [0.15, 0.2) is 0 Å². The van der Waals surface area contributed by atoms with E-state index in [0.717, 1.165) is 44.9 Å². The van der Waals surface area contributed by atoms with Crippen LogP contribution in [0, 0.1) is 0 Å². The van der Waals surface area contributed by atoms with E-state index in [0.29, 0.717) is 19.4 Å². The minimum Gasteiger partial charge on any atom is -0.466 e. The maximum absolute atomic E-state index is 12.5. The fourth-order valence-corrected chi connectivity index (χ4v) is 8.62. The molecule has 6 nitrogen and oxygen atoms in total. The number of esters is 1. The number of hydrogen-bond donors (Lipinski definition) is 3. The average Bonchev–Trinajstić information content (AvgIpc) is 3.28. The molecule has 0 heterocycles. The molecule has 1 amide bonds. The van der Waals surface area contributed by atoms with Gasteiger partial charge in [-0.1, -0.05) is 263 Å². The van der Waals surface area contributed by atoms with Crippen LogP contribution in [0.25, 0.3) is 0 Å². The molecule has 3 N–H and O–H groups in total. The molecular formula is C57H109NO5. The van der Waals surface area contributed by atoms with Crippen LogP contribution in [0.2, 0.25) is 0 Å². The summed E-state index contributed by atoms with van der Waals surface area (Å²) in [6.07, 6.45) is 63.3. The second-order valence-corrected chi connectivity index (χ2v) is 19.3. The van der Waals surface area contributed by atoms with Crippen LogP contribution in [0.1, 0.15) is 303 Å². The molecule has 0 spiro atoms. The summed E-state index contributed by atoms with van der Waals surface area (Å²) in [7, 11) is 0. The Bertz CT molecular complexity index is 982. The van der Waals surface area contributed by atoms with Crippen LogP contribution in [0.4, 0.5) is 0 Å². The van der Waals surface area contributed by atoms with Crippen molar-refractivity contribution >= 4 is 11.9 Å². The molecule has 0 saturated heterocycles. The summed E-state index contributed by atoms with van der Waals surface area (Å²) in [6, 6.07) is -0.633. The van der Waals surface area contributed by atoms with Gasteiger partial charge in [0, 0.05) is 12.8 Å². The van der Waals surface area contributed by atoms with Gasteiger partial charge in [-0.05, 0) is 51.4 Å². The molecule has 0 bridgehead atoms. The van der Waals surface area contributed by atoms with Gasteiger partial charge < -0.3 is 20.3 Å². The molecule has 63 heavy (non-hydrogen) atoms. The van der Waals surface area contributed by atoms with Crippen LogP contribution >= 0.6 is 0 Å². The summed E-state index contributed by atoms with van der Waals surface area (Å²) in [6.45, 7) is 4.86. The first kappa shape index (κ1) is 61.3. The predicted octanol–water partition coefficient (Wildman–Crippen LogP) is 17.1. The van der Waals surface area contributed by atoms with Gasteiger partial charge in [-0.25, -0.2) is 0 Å². The number of unbranched alkanes of at least 4 members (excludes halogenated alkanes) is 39. The third-order valence-corrected chi connectivity index (χ3v) is 13.0. The highest BCUT2D eigenvalue weighted by atomic mass is 16.5. The van der Waals surface area contributed by atoms with E-state index in [2.05, 4.69) is 31.3 Å². The lowest BCUT2D eigenvalue weighted by atomic mass is 10.0. The van der Waals surface area contributed by atoms with E-state index in [4.69, 9.17) is 4.74 Å². The molecule has 2 atom stereocenters. The molecule has 0 aliphatic rings. The van der Waals surface area contributed by atoms with E-state index in [9.17, 15) is 19.8 Å². The van der Waals surface area contributed by atoms with E-state index < -0.39 is 12.1 Å². The third-order valence-electron chi connectivity index (χ3n) is 13.0. The Morgan fingerprint density at radius 1 is 0.429 bits per heavy atom. The van der Waals surface area contributed by atoms with Gasteiger partial charge in [-0.3, -0.25) is 9.59 Å². The Labute approximate surface area is 392 Å². The molecule has 0 saturated carbocycles. The van der Waals surface area contributed by atoms with Crippen LogP contribution in [0.3, 0.4) is 0 Å². The van der Waals surface area contributed by atoms with Crippen molar-refractivity contribution in [2.75, 3.05) is 13.2 Å². The number of nitrogens with one attached hydrogen (secondary N) is 1. The highest BCUT2D eigenvalue weighted by Gasteiger charge is 2.18. The first-order chi connectivity index (χ1) is 31.0. The zero-order chi connectivity index (χ0) is 45.8. The van der Waals surface area contributed by atoms with Gasteiger partial charge >= 0.3 is 5.97 Å². The van der Waals surface area contributed by atoms with Gasteiger partial charge in [-0.15, -0.1) is 0 Å². The monoisotopic (exact) mass is 888 g/mol. The summed E-state index contributed by atoms with van der Waals surface area (Å²) in [5, 5.41) is 23.1. The lowest BCUT2D eigenvalue weighted by Crippen LogP contribution is -2.45. The molecule has 0 aliphatic heterocycles. The van der Waals surface area contributed by atoms with Crippen LogP contribution in [-0.4, -0.2) is 47.4 Å². The van der Waals surface area contributed by atoms with E-state index in [1.807, 2.05) is 6.08 Å². The maximum Gasteiger partial charge on any atom is 0.305 e. The van der Waals surface area contributed by atoms with Crippen LogP contribution < -0.4 is 5.32 Å². The lowest BCUT2D eigenvalue weighted by Gasteiger charge is -2.20. The molecule has 0 aliphatic carbocycles. The van der Waals surface area contributed by atoms with Crippen molar-refractivity contribution in [1.82, 2.24) is 5.32 Å². The second kappa shape index (κ2) is 53.0. The number of amides is 1. The lowest BCUT2D eigenvalue weighted by molar-refractivity contribution is -0.143. The zero-order valence-corrected chi connectivity index (χ0v) is 42.3. The standard InChI is InChI=1S/C57H109NO5/c1-3-5-7-9-11-13-15-16-17-18-19-20-23-26-30-33-37-41-45-49-55(60)54(53-59)58-56(61)50-46-42-38-34-31-27-24-21-22-25-28-32-36-40-44-48-52-63-57(62)51-47-43-39-35-29-14-12-10-8-6-4-2/h10,12,45,49,54-55,59-60H,3-9,11,13-44,46-48,50-53H2,1-2H3,(H,58,61)/b12-10-,49-45+. The van der Waals surface area contributed by atoms with Crippen molar-refractivity contribution in [2.45, 2.75) is 315 Å². The minimum absolute atomic E-state index is 0.00879. The first-order valence-corrected chi connectivity index (χ1v) is 28.1. The molecule has 0 aromatic rings. The molecule has 2 unspecified atom stereocenters. The quantitative estimate of drug-likeness (QED) is 0.0321. The van der Waals surface area contributed by atoms with Crippen molar-refractivity contribution in [1.29, 1.82) is 0 Å². The van der Waals surface area contributed by atoms with E-state index in [-0.39, 0.29) is 18.5 Å². The van der Waals surface area contributed by atoms with Gasteiger partial charge in [-0.2, -0.15) is 0 Å². The SMILES string of the molecule is CCCC/C=C\CCCCCCCC(=O)OCCCCCCCCCCCCCCCCCCC(=O)NC(CO)C(O)/C=C/CCCCCCCCCCCCCCCCCCC. The number of allylic oxidation sites excluding steroid dienone is 3. The van der Waals surface area contributed by atoms with Crippen molar-refractivity contribution in [3.05, 3.63) is 24.3 Å². The van der Waals surface area contributed by atoms with Crippen LogP contribution in [-0.2, 0) is 14.3 Å². The highest BCUT2D eigenvalue weighted by Crippen LogP contribution is 2.17. The second-order valence-electron chi connectivity index (χ2n) is 19.3. The molecule has 0 radical (unpaired) electrons. The van der Waals surface area contributed by atoms with E-state index in [1.54, 1.807) is 6.08 Å². The normalized spacial score (nSPS) is 12.8. The fraction of sp³-hybridized carbons (Fsp3) is 0.895. The Kier molecular flexibility index (Phi) is 51.6. The average molecular weight is 889 g/mol. The van der Waals surface area contributed by atoms with Gasteiger partial charge in [0.1, 0.15) is 0 Å². The number of hydrogen-bond acceptors (Lipinski definition) is 5. The van der Waals surface area contributed by atoms with Crippen molar-refractivity contribution in [2.24, 2.45) is 0 Å². The Morgan fingerprint density at radius 2 is 0.762 bits per heavy atom. The molecule has 372 valence electrons. The Morgan fingerprint density at radius 3 is 1.17 bits per heavy atom. The zero-order valence-electron chi connectivity index (χ0n) is 42.3. The highest BCUT2D eigenvalue weighted by molar-refractivity contribution is 5.76. The Hall–Kier alpha value is -1.66. The van der Waals surface area contributed by atoms with E-state index >= 15 is 0 Å². The largest absolute Gasteiger partial charge is 0.466 e. The Balaban J connectivity index is 3.47. The summed E-state index contributed by atoms with van der Waals surface area (Å²) >= 11 is 0. The smallest absolute Gasteiger partial charge is 0.305 e. The van der Waals surface area contributed by atoms with Crippen molar-refractivity contribution in [3.63, 3.8) is 0 Å². The number of rotatable bonds is 52. The number of carbonyl (C=O) groups excluding carboxylic acids is 2. The summed E-state index contributed by atoms with van der Waals surface area (Å²) in [5.74, 6) is -0.0818. The molecule has 0 fully saturated rings. The number of carbonyl (C=O) groups is 2. The van der Waals surface area contributed by atoms with E-state index in [1.165, 1.54) is 231 Å². The summed E-state index contributed by atoms with van der Waals surface area (Å²) in [5.41, 5.74) is 0. The van der Waals surface area contributed by atoms with Crippen LogP contribution in [0.15, 0.2) is 24.3 Å². The van der Waals surface area contributed by atoms with Crippen molar-refractivity contribution in [3.8, 4) is 0 Å². The van der Waals surface area contributed by atoms with Gasteiger partial charge in [0.25, 0.3) is 0 Å². The molecule has 0 aromatic heterocycles. The fourth-order valence-electron chi connectivity index (χ4n) is 8.62. The topological polar surface area (TPSA) is 95.9 Å². The molecule has 6 heteroatoms. The minimum atomic E-state index is -0.849. The van der Waals surface area contributed by atoms with Crippen molar-refractivity contribution < 1.29 is 24.5 Å². The number of aliphatic hydroxyl groups excluding tert-OH is 2. The summed E-state index contributed by atoms with van der Waals surface area (Å²) < 4.78 is 5.45. The number of aliphatic hydroxyl groups is 2. The van der Waals surface area contributed by atoms with Crippen LogP contribution in [0.5, 0.6) is 0 Å².